The zero-order valence-electron chi connectivity index (χ0n) is 13.7. The summed E-state index contributed by atoms with van der Waals surface area (Å²) in [4.78, 5) is 25.7. The molecule has 1 atom stereocenters. The van der Waals surface area contributed by atoms with Crippen LogP contribution in [0, 0.1) is 23.4 Å². The Hall–Kier alpha value is -2.05. The zero-order chi connectivity index (χ0) is 17.9. The second-order valence-electron chi connectivity index (χ2n) is 6.11. The second kappa shape index (κ2) is 7.68. The van der Waals surface area contributed by atoms with Crippen molar-refractivity contribution < 1.29 is 22.8 Å². The molecule has 24 heavy (non-hydrogen) atoms. The molecule has 1 aromatic rings. The highest BCUT2D eigenvalue weighted by molar-refractivity contribution is 5.94. The molecular formula is C17H21F3N2O2. The molecule has 0 radical (unpaired) electrons. The van der Waals surface area contributed by atoms with Gasteiger partial charge in [0.25, 0.3) is 5.91 Å². The van der Waals surface area contributed by atoms with Crippen molar-refractivity contribution in [3.63, 3.8) is 0 Å². The van der Waals surface area contributed by atoms with Crippen molar-refractivity contribution >= 4 is 11.8 Å². The Bertz CT molecular complexity index is 629. The Morgan fingerprint density at radius 1 is 1.21 bits per heavy atom. The van der Waals surface area contributed by atoms with Crippen LogP contribution < -0.4 is 5.32 Å². The third-order valence-electron chi connectivity index (χ3n) is 4.42. The number of likely N-dealkylation sites (tertiary alicyclic amines) is 1. The molecule has 1 N–H and O–H groups in total. The highest BCUT2D eigenvalue weighted by Gasteiger charge is 2.30. The Kier molecular flexibility index (Phi) is 5.85. The number of carbonyl (C=O) groups excluding carboxylic acids is 2. The lowest BCUT2D eigenvalue weighted by Gasteiger charge is -2.32. The van der Waals surface area contributed by atoms with Crippen LogP contribution in [-0.4, -0.2) is 35.8 Å². The van der Waals surface area contributed by atoms with Crippen LogP contribution in [0.1, 0.15) is 43.5 Å². The van der Waals surface area contributed by atoms with Crippen molar-refractivity contribution in [3.05, 3.63) is 35.1 Å². The fourth-order valence-electron chi connectivity index (χ4n) is 2.67. The van der Waals surface area contributed by atoms with Gasteiger partial charge in [0.05, 0.1) is 5.56 Å². The van der Waals surface area contributed by atoms with Crippen LogP contribution in [0.3, 0.4) is 0 Å². The molecule has 1 unspecified atom stereocenters. The first-order valence-corrected chi connectivity index (χ1v) is 8.08. The fourth-order valence-corrected chi connectivity index (χ4v) is 2.67. The Morgan fingerprint density at radius 3 is 2.42 bits per heavy atom. The molecule has 0 spiro atoms. The quantitative estimate of drug-likeness (QED) is 0.856. The standard InChI is InChI=1S/C17H21F3N2O2/c1-3-10(2)21-16(23)11-6-8-22(9-7-11)17(24)12-4-5-13(18)15(20)14(12)19/h4-5,10-11H,3,6-9H2,1-2H3,(H,21,23). The highest BCUT2D eigenvalue weighted by Crippen LogP contribution is 2.22. The predicted molar refractivity (Wildman–Crippen MR) is 82.8 cm³/mol. The monoisotopic (exact) mass is 342 g/mol. The van der Waals surface area contributed by atoms with Gasteiger partial charge < -0.3 is 10.2 Å². The van der Waals surface area contributed by atoms with E-state index >= 15 is 0 Å². The fraction of sp³-hybridized carbons (Fsp3) is 0.529. The molecule has 1 aromatic carbocycles. The van der Waals surface area contributed by atoms with Gasteiger partial charge >= 0.3 is 0 Å². The lowest BCUT2D eigenvalue weighted by atomic mass is 9.95. The maximum Gasteiger partial charge on any atom is 0.256 e. The van der Waals surface area contributed by atoms with E-state index in [0.29, 0.717) is 12.8 Å². The molecule has 0 aliphatic carbocycles. The summed E-state index contributed by atoms with van der Waals surface area (Å²) in [7, 11) is 0. The Balaban J connectivity index is 1.98. The normalized spacial score (nSPS) is 16.8. The number of rotatable bonds is 4. The van der Waals surface area contributed by atoms with E-state index in [1.54, 1.807) is 0 Å². The van der Waals surface area contributed by atoms with Gasteiger partial charge in [-0.05, 0) is 38.3 Å². The smallest absolute Gasteiger partial charge is 0.256 e. The predicted octanol–water partition coefficient (Wildman–Crippen LogP) is 2.87. The third-order valence-corrected chi connectivity index (χ3v) is 4.42. The number of nitrogens with zero attached hydrogens (tertiary/aromatic N) is 1. The largest absolute Gasteiger partial charge is 0.353 e. The molecule has 0 saturated carbocycles. The summed E-state index contributed by atoms with van der Waals surface area (Å²) < 4.78 is 40.0. The average molecular weight is 342 g/mol. The molecule has 1 heterocycles. The number of hydrogen-bond donors (Lipinski definition) is 1. The van der Waals surface area contributed by atoms with E-state index in [0.717, 1.165) is 18.6 Å². The van der Waals surface area contributed by atoms with E-state index in [9.17, 15) is 22.8 Å². The van der Waals surface area contributed by atoms with E-state index in [1.165, 1.54) is 4.90 Å². The molecule has 1 aliphatic rings. The van der Waals surface area contributed by atoms with Crippen LogP contribution in [0.5, 0.6) is 0 Å². The summed E-state index contributed by atoms with van der Waals surface area (Å²) in [6, 6.07) is 1.77. The van der Waals surface area contributed by atoms with E-state index in [2.05, 4.69) is 5.32 Å². The number of piperidine rings is 1. The van der Waals surface area contributed by atoms with Crippen LogP contribution in [0.2, 0.25) is 0 Å². The number of amides is 2. The minimum Gasteiger partial charge on any atom is -0.353 e. The summed E-state index contributed by atoms with van der Waals surface area (Å²) in [5, 5.41) is 2.90. The molecule has 4 nitrogen and oxygen atoms in total. The molecule has 0 bridgehead atoms. The van der Waals surface area contributed by atoms with Crippen molar-refractivity contribution in [3.8, 4) is 0 Å². The van der Waals surface area contributed by atoms with Crippen LogP contribution in [0.15, 0.2) is 12.1 Å². The van der Waals surface area contributed by atoms with Crippen LogP contribution in [0.4, 0.5) is 13.2 Å². The van der Waals surface area contributed by atoms with Gasteiger partial charge in [0, 0.05) is 25.0 Å². The molecule has 1 aliphatic heterocycles. The van der Waals surface area contributed by atoms with Gasteiger partial charge in [0.2, 0.25) is 5.91 Å². The van der Waals surface area contributed by atoms with E-state index in [-0.39, 0.29) is 31.0 Å². The summed E-state index contributed by atoms with van der Waals surface area (Å²) in [5.74, 6) is -5.38. The molecular weight excluding hydrogens is 321 g/mol. The van der Waals surface area contributed by atoms with E-state index in [4.69, 9.17) is 0 Å². The van der Waals surface area contributed by atoms with Crippen molar-refractivity contribution in [2.24, 2.45) is 5.92 Å². The number of nitrogens with one attached hydrogen (secondary N) is 1. The molecule has 2 amide bonds. The Morgan fingerprint density at radius 2 is 1.83 bits per heavy atom. The van der Waals surface area contributed by atoms with Gasteiger partial charge in [-0.1, -0.05) is 6.92 Å². The average Bonchev–Trinajstić information content (AvgIpc) is 2.59. The first-order valence-electron chi connectivity index (χ1n) is 8.08. The lowest BCUT2D eigenvalue weighted by molar-refractivity contribution is -0.126. The van der Waals surface area contributed by atoms with Crippen LogP contribution >= 0.6 is 0 Å². The molecule has 7 heteroatoms. The van der Waals surface area contributed by atoms with Crippen LogP contribution in [-0.2, 0) is 4.79 Å². The third kappa shape index (κ3) is 3.88. The van der Waals surface area contributed by atoms with Crippen molar-refractivity contribution in [1.82, 2.24) is 10.2 Å². The van der Waals surface area contributed by atoms with Gasteiger partial charge in [-0.25, -0.2) is 13.2 Å². The summed E-state index contributed by atoms with van der Waals surface area (Å²) in [6.07, 6.45) is 1.75. The van der Waals surface area contributed by atoms with Crippen molar-refractivity contribution in [1.29, 1.82) is 0 Å². The molecule has 1 fully saturated rings. The molecule has 1 saturated heterocycles. The van der Waals surface area contributed by atoms with Gasteiger partial charge in [-0.15, -0.1) is 0 Å². The Labute approximate surface area is 139 Å². The molecule has 0 aromatic heterocycles. The van der Waals surface area contributed by atoms with Crippen molar-refractivity contribution in [2.45, 2.75) is 39.2 Å². The number of benzene rings is 1. The summed E-state index contributed by atoms with van der Waals surface area (Å²) in [6.45, 7) is 4.44. The maximum atomic E-state index is 13.7. The van der Waals surface area contributed by atoms with Gasteiger partial charge in [-0.3, -0.25) is 9.59 Å². The van der Waals surface area contributed by atoms with Gasteiger partial charge in [0.1, 0.15) is 0 Å². The first kappa shape index (κ1) is 18.3. The highest BCUT2D eigenvalue weighted by atomic mass is 19.2. The van der Waals surface area contributed by atoms with Crippen molar-refractivity contribution in [2.75, 3.05) is 13.1 Å². The maximum absolute atomic E-state index is 13.7. The van der Waals surface area contributed by atoms with E-state index < -0.39 is 28.9 Å². The number of carbonyl (C=O) groups is 2. The topological polar surface area (TPSA) is 49.4 Å². The number of hydrogen-bond acceptors (Lipinski definition) is 2. The minimum absolute atomic E-state index is 0.0459. The van der Waals surface area contributed by atoms with E-state index in [1.807, 2.05) is 13.8 Å². The molecule has 2 rings (SSSR count). The first-order chi connectivity index (χ1) is 11.3. The minimum atomic E-state index is -1.65. The molecule has 132 valence electrons. The summed E-state index contributed by atoms with van der Waals surface area (Å²) >= 11 is 0. The van der Waals surface area contributed by atoms with Crippen LogP contribution in [0.25, 0.3) is 0 Å². The second-order valence-corrected chi connectivity index (χ2v) is 6.11. The lowest BCUT2D eigenvalue weighted by Crippen LogP contribution is -2.44. The van der Waals surface area contributed by atoms with Gasteiger partial charge in [0.15, 0.2) is 17.5 Å². The SMILES string of the molecule is CCC(C)NC(=O)C1CCN(C(=O)c2ccc(F)c(F)c2F)CC1. The van der Waals surface area contributed by atoms with Gasteiger partial charge in [-0.2, -0.15) is 0 Å². The zero-order valence-corrected chi connectivity index (χ0v) is 13.7. The number of halogens is 3. The summed E-state index contributed by atoms with van der Waals surface area (Å²) in [5.41, 5.74) is -0.489.